The Balaban J connectivity index is -0.0000000191. The molecule has 0 heterocycles. The Morgan fingerprint density at radius 1 is 1.08 bits per heavy atom. The van der Waals surface area contributed by atoms with E-state index in [9.17, 15) is 0 Å². The number of hydrogen-bond acceptors (Lipinski definition) is 1. The third kappa shape index (κ3) is 1620000. The Bertz CT molecular complexity index is 84.7. The molecule has 0 radical (unpaired) electrons. The molecule has 0 saturated heterocycles. The summed E-state index contributed by atoms with van der Waals surface area (Å²) in [5.74, 6) is 0. The fourth-order valence-corrected chi connectivity index (χ4v) is 0. The van der Waals surface area contributed by atoms with Gasteiger partial charge in [-0.25, -0.2) is 44.0 Å². The van der Waals surface area contributed by atoms with Gasteiger partial charge in [-0.2, -0.15) is 0 Å². The molecule has 0 aliphatic heterocycles. The van der Waals surface area contributed by atoms with Crippen LogP contribution in [0.5, 0.6) is 0 Å². The fourth-order valence-electron chi connectivity index (χ4n) is 0. The van der Waals surface area contributed by atoms with Crippen LogP contribution in [0.4, 0.5) is 4.79 Å². The number of rotatable bonds is 0. The molecule has 0 bridgehead atoms. The van der Waals surface area contributed by atoms with Crippen molar-refractivity contribution in [3.8, 4) is 0 Å². The van der Waals surface area contributed by atoms with Gasteiger partial charge in [0.1, 0.15) is 0 Å². The van der Waals surface area contributed by atoms with Crippen LogP contribution in [0.3, 0.4) is 0 Å². The Hall–Kier alpha value is 0.0225. The molecule has 3 nitrogen and oxygen atoms in total. The van der Waals surface area contributed by atoms with Crippen molar-refractivity contribution in [2.75, 3.05) is 0 Å². The first kappa shape index (κ1) is 29.6. The number of allylic oxidation sites excluding steroid dienone is 2. The van der Waals surface area contributed by atoms with Crippen LogP contribution in [0, 0.1) is 13.8 Å². The second-order valence-corrected chi connectivity index (χ2v) is 0.860. The average Bonchev–Trinajstić information content (AvgIpc) is 1.65. The summed E-state index contributed by atoms with van der Waals surface area (Å²) in [6, 6.07) is 0. The van der Waals surface area contributed by atoms with Gasteiger partial charge in [0.05, 0.1) is 0 Å². The molecule has 0 aliphatic rings. The van der Waals surface area contributed by atoms with Crippen LogP contribution < -0.4 is 0 Å². The second kappa shape index (κ2) is 43.9. The normalized spacial score (nSPS) is 4.00. The van der Waals surface area contributed by atoms with E-state index in [1.807, 2.05) is 0 Å². The van der Waals surface area contributed by atoms with Crippen LogP contribution in [0.2, 0.25) is 0 Å². The van der Waals surface area contributed by atoms with Crippen molar-refractivity contribution in [1.82, 2.24) is 0 Å². The van der Waals surface area contributed by atoms with Crippen LogP contribution in [0.15, 0.2) is 25.3 Å². The summed E-state index contributed by atoms with van der Waals surface area (Å²) in [4.78, 5) is 8.56. The van der Waals surface area contributed by atoms with Crippen LogP contribution in [-0.2, 0) is 0 Å². The predicted molar refractivity (Wildman–Crippen MR) is 53.3 cm³/mol. The van der Waals surface area contributed by atoms with Crippen molar-refractivity contribution in [3.05, 3.63) is 39.2 Å². The van der Waals surface area contributed by atoms with Crippen molar-refractivity contribution in [1.29, 1.82) is 0 Å². The minimum atomic E-state index is -1.83. The molecule has 0 aromatic heterocycles. The van der Waals surface area contributed by atoms with E-state index < -0.39 is 6.16 Å². The Kier molecular flexibility index (Phi) is 108. The quantitative estimate of drug-likeness (QED) is 0.452. The van der Waals surface area contributed by atoms with Crippen LogP contribution in [-0.4, -0.2) is 62.5 Å². The Morgan fingerprint density at radius 3 is 1.08 bits per heavy atom. The van der Waals surface area contributed by atoms with Gasteiger partial charge in [0.15, 0.2) is 0 Å². The largest absolute Gasteiger partial charge is 2.00 e. The van der Waals surface area contributed by atoms with Gasteiger partial charge >= 0.3 is 52.3 Å². The van der Waals surface area contributed by atoms with Crippen molar-refractivity contribution < 1.29 is 15.0 Å². The third-order valence-electron chi connectivity index (χ3n) is 0. The molecule has 0 fully saturated rings. The SMILES string of the molecule is C=C[CH2-].C=C[CH2-].O=C(O)O.[Mg+2].[Mg+2]. The monoisotopic (exact) mass is 192 g/mol. The Labute approximate surface area is 106 Å². The summed E-state index contributed by atoms with van der Waals surface area (Å²) < 4.78 is 0. The minimum absolute atomic E-state index is 0. The molecule has 0 aliphatic carbocycles. The molecule has 0 amide bonds. The van der Waals surface area contributed by atoms with E-state index in [4.69, 9.17) is 15.0 Å². The molecule has 0 unspecified atom stereocenters. The van der Waals surface area contributed by atoms with Crippen LogP contribution in [0.1, 0.15) is 0 Å². The zero-order valence-electron chi connectivity index (χ0n) is 7.20. The molecule has 0 aromatic rings. The van der Waals surface area contributed by atoms with Gasteiger partial charge in [0.2, 0.25) is 0 Å². The maximum Gasteiger partial charge on any atom is 2.00 e. The maximum atomic E-state index is 8.56. The molecule has 2 N–H and O–H groups in total. The first-order chi connectivity index (χ1) is 4.56. The van der Waals surface area contributed by atoms with Gasteiger partial charge in [0.25, 0.3) is 0 Å². The van der Waals surface area contributed by atoms with Crippen molar-refractivity contribution in [2.45, 2.75) is 0 Å². The summed E-state index contributed by atoms with van der Waals surface area (Å²) in [6.45, 7) is 13.0. The summed E-state index contributed by atoms with van der Waals surface area (Å²) >= 11 is 0. The zero-order valence-corrected chi connectivity index (χ0v) is 10.0. The first-order valence-electron chi connectivity index (χ1n) is 2.28. The average molecular weight is 193 g/mol. The summed E-state index contributed by atoms with van der Waals surface area (Å²) in [5, 5.41) is 13.9. The smallest absolute Gasteiger partial charge is 0.450 e. The molecule has 0 atom stereocenters. The molecule has 0 rings (SSSR count). The third-order valence-corrected chi connectivity index (χ3v) is 0. The topological polar surface area (TPSA) is 57.5 Å². The molecular weight excluding hydrogens is 181 g/mol. The summed E-state index contributed by atoms with van der Waals surface area (Å²) in [5.41, 5.74) is 0. The van der Waals surface area contributed by atoms with Gasteiger partial charge in [-0.1, -0.05) is 0 Å². The second-order valence-electron chi connectivity index (χ2n) is 0.860. The molecule has 12 heavy (non-hydrogen) atoms. The zero-order chi connectivity index (χ0) is 8.99. The standard InChI is InChI=1S/2C3H5.CH2O3.2Mg/c2*1-3-2;2-1(3)4;;/h2*3H,1-2H2;(H2,2,3,4);;/q2*-1;;2*+2. The van der Waals surface area contributed by atoms with E-state index in [0.717, 1.165) is 0 Å². The maximum absolute atomic E-state index is 8.56. The van der Waals surface area contributed by atoms with Gasteiger partial charge < -0.3 is 10.2 Å². The van der Waals surface area contributed by atoms with Gasteiger partial charge in [-0.3, -0.25) is 0 Å². The predicted octanol–water partition coefficient (Wildman–Crippen LogP) is 1.47. The molecule has 0 spiro atoms. The van der Waals surface area contributed by atoms with Gasteiger partial charge in [-0.15, -0.1) is 0 Å². The summed E-state index contributed by atoms with van der Waals surface area (Å²) in [7, 11) is 0. The van der Waals surface area contributed by atoms with E-state index in [1.165, 1.54) is 12.2 Å². The van der Waals surface area contributed by atoms with Crippen molar-refractivity contribution >= 4 is 52.3 Å². The van der Waals surface area contributed by atoms with Crippen molar-refractivity contribution in [3.63, 3.8) is 0 Å². The molecule has 0 saturated carbocycles. The minimum Gasteiger partial charge on any atom is -0.450 e. The molecule has 5 heteroatoms. The number of hydrogen-bond donors (Lipinski definition) is 2. The number of carboxylic acid groups (broad SMARTS) is 2. The van der Waals surface area contributed by atoms with Crippen LogP contribution in [0.25, 0.3) is 0 Å². The summed E-state index contributed by atoms with van der Waals surface area (Å²) in [6.07, 6.45) is 1.17. The van der Waals surface area contributed by atoms with E-state index in [0.29, 0.717) is 0 Å². The van der Waals surface area contributed by atoms with Crippen LogP contribution >= 0.6 is 0 Å². The number of carbonyl (C=O) groups is 1. The van der Waals surface area contributed by atoms with Gasteiger partial charge in [0, 0.05) is 0 Å². The van der Waals surface area contributed by atoms with Crippen molar-refractivity contribution in [2.24, 2.45) is 0 Å². The van der Waals surface area contributed by atoms with E-state index in [2.05, 4.69) is 27.0 Å². The molecule has 60 valence electrons. The Morgan fingerprint density at radius 2 is 1.08 bits per heavy atom. The van der Waals surface area contributed by atoms with E-state index >= 15 is 0 Å². The molecule has 0 aromatic carbocycles. The first-order valence-corrected chi connectivity index (χ1v) is 2.28. The fraction of sp³-hybridized carbons (Fsp3) is 0. The van der Waals surface area contributed by atoms with Gasteiger partial charge in [-0.05, 0) is 0 Å². The van der Waals surface area contributed by atoms with E-state index in [-0.39, 0.29) is 46.1 Å². The molecular formula is C7H12Mg2O3+2. The van der Waals surface area contributed by atoms with E-state index in [1.54, 1.807) is 0 Å².